The number of carbonyl (C=O) groups excluding carboxylic acids is 2. The Balaban J connectivity index is 1.41. The van der Waals surface area contributed by atoms with Crippen molar-refractivity contribution in [3.8, 4) is 11.5 Å². The van der Waals surface area contributed by atoms with Gasteiger partial charge in [0, 0.05) is 26.3 Å². The molecule has 0 aliphatic carbocycles. The average molecular weight is 672 g/mol. The van der Waals surface area contributed by atoms with Crippen molar-refractivity contribution in [1.29, 1.82) is 0 Å². The van der Waals surface area contributed by atoms with Gasteiger partial charge < -0.3 is 24.8 Å². The van der Waals surface area contributed by atoms with E-state index in [4.69, 9.17) is 38.0 Å². The van der Waals surface area contributed by atoms with Gasteiger partial charge in [0.15, 0.2) is 11.7 Å². The molecule has 1 amide bonds. The maximum atomic E-state index is 12.7. The lowest BCUT2D eigenvalue weighted by Gasteiger charge is -2.30. The highest BCUT2D eigenvalue weighted by Gasteiger charge is 2.32. The van der Waals surface area contributed by atoms with Crippen LogP contribution in [0.2, 0.25) is 5.02 Å². The van der Waals surface area contributed by atoms with Crippen molar-refractivity contribution in [2.45, 2.75) is 26.5 Å². The molecule has 0 bridgehead atoms. The number of thiocarbonyl (C=S) groups is 1. The highest BCUT2D eigenvalue weighted by Crippen LogP contribution is 2.33. The Labute approximate surface area is 262 Å². The number of carbonyl (C=O) groups is 2. The highest BCUT2D eigenvalue weighted by molar-refractivity contribution is 9.10. The second-order valence-electron chi connectivity index (χ2n) is 9.01. The molecule has 3 aromatic rings. The van der Waals surface area contributed by atoms with E-state index in [1.54, 1.807) is 56.3 Å². The van der Waals surface area contributed by atoms with E-state index in [2.05, 4.69) is 37.1 Å². The van der Waals surface area contributed by atoms with Crippen molar-refractivity contribution in [3.05, 3.63) is 104 Å². The molecule has 3 N–H and O–H groups in total. The van der Waals surface area contributed by atoms with Gasteiger partial charge >= 0.3 is 5.97 Å². The third-order valence-corrected chi connectivity index (χ3v) is 7.01. The molecular formula is C30H28BrClN4O5S. The summed E-state index contributed by atoms with van der Waals surface area (Å²) in [6.45, 7) is 3.72. The second kappa shape index (κ2) is 14.8. The molecule has 1 atom stereocenters. The number of benzene rings is 3. The number of para-hydroxylation sites is 1. The molecular weight excluding hydrogens is 644 g/mol. The summed E-state index contributed by atoms with van der Waals surface area (Å²) in [4.78, 5) is 25.3. The first-order chi connectivity index (χ1) is 20.2. The number of nitrogens with one attached hydrogen (secondary N) is 3. The molecule has 12 heteroatoms. The van der Waals surface area contributed by atoms with Gasteiger partial charge in [-0.05, 0) is 68.0 Å². The number of rotatable bonds is 11. The first-order valence-corrected chi connectivity index (χ1v) is 14.5. The molecule has 4 rings (SSSR count). The Morgan fingerprint density at radius 2 is 1.86 bits per heavy atom. The molecule has 0 spiro atoms. The topological polar surface area (TPSA) is 110 Å². The fourth-order valence-electron chi connectivity index (χ4n) is 4.10. The Morgan fingerprint density at radius 3 is 2.62 bits per heavy atom. The molecule has 1 aliphatic heterocycles. The van der Waals surface area contributed by atoms with Gasteiger partial charge in [0.25, 0.3) is 5.91 Å². The molecule has 1 heterocycles. The Bertz CT molecular complexity index is 1530. The summed E-state index contributed by atoms with van der Waals surface area (Å²) in [5.74, 6) is -0.0253. The minimum absolute atomic E-state index is 0.222. The fourth-order valence-corrected chi connectivity index (χ4v) is 4.82. The number of nitrogens with zero attached hydrogens (tertiary/aromatic N) is 1. The normalized spacial score (nSPS) is 14.7. The molecule has 0 saturated carbocycles. The summed E-state index contributed by atoms with van der Waals surface area (Å²) >= 11 is 14.9. The smallest absolute Gasteiger partial charge is 0.338 e. The van der Waals surface area contributed by atoms with E-state index in [1.165, 1.54) is 6.21 Å². The molecule has 1 aliphatic rings. The van der Waals surface area contributed by atoms with E-state index >= 15 is 0 Å². The van der Waals surface area contributed by atoms with E-state index in [0.29, 0.717) is 50.6 Å². The van der Waals surface area contributed by atoms with Crippen molar-refractivity contribution in [2.24, 2.45) is 5.10 Å². The van der Waals surface area contributed by atoms with Crippen LogP contribution in [0.15, 0.2) is 87.6 Å². The number of amides is 1. The minimum Gasteiger partial charge on any atom is -0.488 e. The van der Waals surface area contributed by atoms with Crippen molar-refractivity contribution in [1.82, 2.24) is 16.1 Å². The largest absolute Gasteiger partial charge is 0.488 e. The van der Waals surface area contributed by atoms with Crippen LogP contribution in [-0.4, -0.2) is 36.4 Å². The Morgan fingerprint density at radius 1 is 1.10 bits per heavy atom. The number of hydrogen-bond acceptors (Lipinski definition) is 7. The molecule has 9 nitrogen and oxygen atoms in total. The number of ether oxygens (including phenoxy) is 3. The summed E-state index contributed by atoms with van der Waals surface area (Å²) < 4.78 is 18.0. The monoisotopic (exact) mass is 670 g/mol. The van der Waals surface area contributed by atoms with E-state index in [9.17, 15) is 9.59 Å². The van der Waals surface area contributed by atoms with Crippen LogP contribution in [0, 0.1) is 0 Å². The van der Waals surface area contributed by atoms with Crippen molar-refractivity contribution in [3.63, 3.8) is 0 Å². The van der Waals surface area contributed by atoms with Gasteiger partial charge in [-0.1, -0.05) is 57.9 Å². The third kappa shape index (κ3) is 8.31. The van der Waals surface area contributed by atoms with Crippen LogP contribution in [0.5, 0.6) is 11.5 Å². The Hall–Kier alpha value is -3.93. The molecule has 0 aromatic heterocycles. The van der Waals surface area contributed by atoms with Crippen molar-refractivity contribution < 1.29 is 23.8 Å². The predicted molar refractivity (Wildman–Crippen MR) is 169 cm³/mol. The molecule has 0 fully saturated rings. The van der Waals surface area contributed by atoms with Gasteiger partial charge in [0.05, 0.1) is 24.4 Å². The molecule has 3 aromatic carbocycles. The van der Waals surface area contributed by atoms with Crippen molar-refractivity contribution >= 4 is 63.0 Å². The minimum atomic E-state index is -0.631. The van der Waals surface area contributed by atoms with Crippen LogP contribution in [0.4, 0.5) is 0 Å². The highest BCUT2D eigenvalue weighted by atomic mass is 79.9. The van der Waals surface area contributed by atoms with Gasteiger partial charge in [-0.15, -0.1) is 0 Å². The zero-order chi connectivity index (χ0) is 30.1. The second-order valence-corrected chi connectivity index (χ2v) is 10.8. The lowest BCUT2D eigenvalue weighted by Crippen LogP contribution is -2.45. The van der Waals surface area contributed by atoms with E-state index in [1.807, 2.05) is 24.3 Å². The standard InChI is InChI=1S/C30H28BrClN4O5S/c1-3-39-29(38)27-18(2)34-30(42)35-28(27)23-6-4-5-7-25(23)41-17-26(37)36-33-15-20-14-22(32)12-13-24(20)40-16-19-8-10-21(31)11-9-19/h4-15,28H,3,16-17H2,1-2H3,(H,36,37)(H2,34,35,42)/t28-/m0/s1. The van der Waals surface area contributed by atoms with Crippen LogP contribution >= 0.6 is 39.7 Å². The maximum absolute atomic E-state index is 12.7. The number of hydrogen-bond donors (Lipinski definition) is 3. The lowest BCUT2D eigenvalue weighted by molar-refractivity contribution is -0.139. The number of esters is 1. The van der Waals surface area contributed by atoms with Crippen LogP contribution in [-0.2, 0) is 20.9 Å². The number of allylic oxidation sites excluding steroid dienone is 1. The molecule has 0 radical (unpaired) electrons. The van der Waals surface area contributed by atoms with Gasteiger partial charge in [0.1, 0.15) is 18.1 Å². The summed E-state index contributed by atoms with van der Waals surface area (Å²) in [7, 11) is 0. The van der Waals surface area contributed by atoms with Crippen LogP contribution in [0.25, 0.3) is 0 Å². The summed E-state index contributed by atoms with van der Waals surface area (Å²) in [5, 5.41) is 11.0. The number of halogens is 2. The van der Waals surface area contributed by atoms with E-state index in [0.717, 1.165) is 10.0 Å². The first kappa shape index (κ1) is 31.0. The molecule has 42 heavy (non-hydrogen) atoms. The molecule has 0 unspecified atom stereocenters. The fraction of sp³-hybridized carbons (Fsp3) is 0.200. The summed E-state index contributed by atoms with van der Waals surface area (Å²) in [6.07, 6.45) is 1.45. The zero-order valence-electron chi connectivity index (χ0n) is 22.8. The quantitative estimate of drug-likeness (QED) is 0.105. The first-order valence-electron chi connectivity index (χ1n) is 12.9. The van der Waals surface area contributed by atoms with Gasteiger partial charge in [-0.2, -0.15) is 5.10 Å². The predicted octanol–water partition coefficient (Wildman–Crippen LogP) is 5.57. The zero-order valence-corrected chi connectivity index (χ0v) is 25.9. The summed E-state index contributed by atoms with van der Waals surface area (Å²) in [6, 6.07) is 19.4. The van der Waals surface area contributed by atoms with Crippen LogP contribution < -0.4 is 25.5 Å². The number of hydrazone groups is 1. The Kier molecular flexibility index (Phi) is 10.9. The van der Waals surface area contributed by atoms with Crippen LogP contribution in [0.3, 0.4) is 0 Å². The lowest BCUT2D eigenvalue weighted by atomic mass is 9.95. The van der Waals surface area contributed by atoms with Crippen molar-refractivity contribution in [2.75, 3.05) is 13.2 Å². The molecule has 218 valence electrons. The summed E-state index contributed by atoms with van der Waals surface area (Å²) in [5.41, 5.74) is 5.60. The SMILES string of the molecule is CCOC(=O)C1=C(C)NC(=S)N[C@H]1c1ccccc1OCC(=O)NN=Cc1cc(Cl)ccc1OCc1ccc(Br)cc1. The van der Waals surface area contributed by atoms with Crippen LogP contribution in [0.1, 0.15) is 36.6 Å². The van der Waals surface area contributed by atoms with Gasteiger partial charge in [-0.25, -0.2) is 10.2 Å². The maximum Gasteiger partial charge on any atom is 0.338 e. The molecule has 0 saturated heterocycles. The van der Waals surface area contributed by atoms with Gasteiger partial charge in [0.2, 0.25) is 0 Å². The van der Waals surface area contributed by atoms with E-state index in [-0.39, 0.29) is 13.2 Å². The van der Waals surface area contributed by atoms with Gasteiger partial charge in [-0.3, -0.25) is 4.79 Å². The van der Waals surface area contributed by atoms with E-state index < -0.39 is 17.9 Å². The third-order valence-electron chi connectivity index (χ3n) is 6.03. The average Bonchev–Trinajstić information content (AvgIpc) is 2.96.